The molecule has 0 aliphatic carbocycles. The smallest absolute Gasteiger partial charge is 0.326 e. The minimum atomic E-state index is -1.82. The van der Waals surface area contributed by atoms with Crippen LogP contribution >= 0.6 is 0 Å². The first-order chi connectivity index (χ1) is 20.7. The van der Waals surface area contributed by atoms with Gasteiger partial charge in [-0.2, -0.15) is 0 Å². The fraction of sp³-hybridized carbons (Fsp3) is 0.600. The molecule has 0 bridgehead atoms. The Labute approximate surface area is 252 Å². The van der Waals surface area contributed by atoms with Gasteiger partial charge in [0, 0.05) is 24.9 Å². The van der Waals surface area contributed by atoms with Gasteiger partial charge in [-0.05, 0) is 18.8 Å². The molecule has 19 nitrogen and oxygen atoms in total. The van der Waals surface area contributed by atoms with Crippen molar-refractivity contribution in [2.75, 3.05) is 13.2 Å². The number of aliphatic hydroxyl groups excluding tert-OH is 1. The second-order valence-corrected chi connectivity index (χ2v) is 10.0. The number of hydrogen-bond donors (Lipinski definition) is 11. The van der Waals surface area contributed by atoms with Crippen LogP contribution in [-0.4, -0.2) is 110 Å². The molecule has 0 fully saturated rings. The van der Waals surface area contributed by atoms with Gasteiger partial charge in [-0.15, -0.1) is 0 Å². The Morgan fingerprint density at radius 1 is 0.955 bits per heavy atom. The first-order valence-electron chi connectivity index (χ1n) is 13.7. The van der Waals surface area contributed by atoms with E-state index in [0.717, 1.165) is 0 Å². The number of aliphatic hydroxyl groups is 1. The number of aliphatic carboxylic acids is 2. The van der Waals surface area contributed by atoms with Crippen molar-refractivity contribution in [2.24, 2.45) is 28.1 Å². The lowest BCUT2D eigenvalue weighted by Crippen LogP contribution is -2.60. The number of aromatic amines is 1. The largest absolute Gasteiger partial charge is 0.481 e. The van der Waals surface area contributed by atoms with Gasteiger partial charge in [0.2, 0.25) is 23.6 Å². The average molecular weight is 627 g/mol. The maximum Gasteiger partial charge on any atom is 0.326 e. The zero-order valence-corrected chi connectivity index (χ0v) is 24.5. The lowest BCUT2D eigenvalue weighted by Gasteiger charge is -2.28. The molecule has 4 amide bonds. The van der Waals surface area contributed by atoms with Gasteiger partial charge in [0.05, 0.1) is 25.4 Å². The zero-order valence-electron chi connectivity index (χ0n) is 24.5. The summed E-state index contributed by atoms with van der Waals surface area (Å²) in [6, 6.07) is -6.97. The van der Waals surface area contributed by atoms with E-state index in [4.69, 9.17) is 22.3 Å². The number of carboxylic acid groups (broad SMARTS) is 2. The molecular formula is C25H42N10O9. The summed E-state index contributed by atoms with van der Waals surface area (Å²) in [5.41, 5.74) is 17.3. The van der Waals surface area contributed by atoms with Crippen molar-refractivity contribution in [1.29, 1.82) is 0 Å². The molecule has 1 heterocycles. The number of nitrogens with zero attached hydrogens (tertiary/aromatic N) is 2. The van der Waals surface area contributed by atoms with Crippen molar-refractivity contribution < 1.29 is 44.1 Å². The summed E-state index contributed by atoms with van der Waals surface area (Å²) in [6.45, 7) is 2.55. The third kappa shape index (κ3) is 13.0. The lowest BCUT2D eigenvalue weighted by molar-refractivity contribution is -0.147. The van der Waals surface area contributed by atoms with Gasteiger partial charge >= 0.3 is 11.9 Å². The summed E-state index contributed by atoms with van der Waals surface area (Å²) >= 11 is 0. The number of guanidine groups is 1. The van der Waals surface area contributed by atoms with Crippen molar-refractivity contribution in [3.8, 4) is 0 Å². The lowest BCUT2D eigenvalue weighted by atomic mass is 9.97. The Kier molecular flexibility index (Phi) is 15.8. The Hall–Kier alpha value is -4.78. The van der Waals surface area contributed by atoms with Crippen LogP contribution in [0.2, 0.25) is 0 Å². The molecule has 1 aromatic rings. The second-order valence-electron chi connectivity index (χ2n) is 10.0. The first kappa shape index (κ1) is 37.2. The van der Waals surface area contributed by atoms with E-state index in [1.165, 1.54) is 12.5 Å². The van der Waals surface area contributed by atoms with Gasteiger partial charge in [-0.3, -0.25) is 29.0 Å². The second kappa shape index (κ2) is 18.7. The van der Waals surface area contributed by atoms with E-state index >= 15 is 0 Å². The van der Waals surface area contributed by atoms with E-state index in [2.05, 4.69) is 30.9 Å². The van der Waals surface area contributed by atoms with Crippen LogP contribution in [0.25, 0.3) is 0 Å². The summed E-state index contributed by atoms with van der Waals surface area (Å²) in [5.74, 6) is -7.26. The van der Waals surface area contributed by atoms with Crippen molar-refractivity contribution >= 4 is 41.5 Å². The van der Waals surface area contributed by atoms with Crippen LogP contribution in [0.1, 0.15) is 45.2 Å². The predicted molar refractivity (Wildman–Crippen MR) is 154 cm³/mol. The number of rotatable bonds is 20. The van der Waals surface area contributed by atoms with Crippen LogP contribution in [0.5, 0.6) is 0 Å². The Morgan fingerprint density at radius 3 is 2.09 bits per heavy atom. The van der Waals surface area contributed by atoms with E-state index in [-0.39, 0.29) is 31.8 Å². The molecule has 0 aliphatic heterocycles. The molecule has 0 saturated heterocycles. The number of carboxylic acids is 2. The molecule has 19 heteroatoms. The number of aromatic nitrogens is 2. The van der Waals surface area contributed by atoms with Gasteiger partial charge in [0.25, 0.3) is 0 Å². The average Bonchev–Trinajstić information content (AvgIpc) is 3.47. The van der Waals surface area contributed by atoms with Crippen molar-refractivity contribution in [2.45, 2.75) is 76.2 Å². The summed E-state index contributed by atoms with van der Waals surface area (Å²) in [6.07, 6.45) is 2.78. The number of carbonyl (C=O) groups is 6. The van der Waals surface area contributed by atoms with E-state index in [1.54, 1.807) is 13.8 Å². The molecule has 0 unspecified atom stereocenters. The summed E-state index contributed by atoms with van der Waals surface area (Å²) < 4.78 is 0. The van der Waals surface area contributed by atoms with Gasteiger partial charge in [-0.1, -0.05) is 20.3 Å². The maximum absolute atomic E-state index is 13.4. The van der Waals surface area contributed by atoms with E-state index in [0.29, 0.717) is 12.1 Å². The van der Waals surface area contributed by atoms with E-state index < -0.39 is 84.7 Å². The van der Waals surface area contributed by atoms with Crippen molar-refractivity contribution in [3.05, 3.63) is 18.2 Å². The predicted octanol–water partition coefficient (Wildman–Crippen LogP) is -4.13. The zero-order chi connectivity index (χ0) is 33.4. The SMILES string of the molecule is CC[C@H](C)[C@H](NC(=O)[C@H](CCCN=C(N)N)NC(=O)[C@@H](N)Cc1cnc[nH]1)C(=O)N[C@@H](CO)C(=O)N[C@@H](CC(=O)O)C(=O)O. The third-order valence-electron chi connectivity index (χ3n) is 6.51. The van der Waals surface area contributed by atoms with Gasteiger partial charge in [0.15, 0.2) is 5.96 Å². The molecule has 14 N–H and O–H groups in total. The summed E-state index contributed by atoms with van der Waals surface area (Å²) in [5, 5.41) is 37.1. The molecule has 0 saturated carbocycles. The number of amides is 4. The molecule has 1 aromatic heterocycles. The van der Waals surface area contributed by atoms with E-state index in [9.17, 15) is 39.0 Å². The topological polar surface area (TPSA) is 330 Å². The number of H-pyrrole nitrogens is 1. The quantitative estimate of drug-likeness (QED) is 0.0372. The van der Waals surface area contributed by atoms with Crippen LogP contribution in [0.4, 0.5) is 0 Å². The monoisotopic (exact) mass is 626 g/mol. The number of nitrogens with two attached hydrogens (primary N) is 3. The van der Waals surface area contributed by atoms with Crippen LogP contribution in [0.3, 0.4) is 0 Å². The molecule has 0 spiro atoms. The van der Waals surface area contributed by atoms with Crippen LogP contribution < -0.4 is 38.5 Å². The summed E-state index contributed by atoms with van der Waals surface area (Å²) in [7, 11) is 0. The Bertz CT molecular complexity index is 1160. The number of nitrogens with one attached hydrogen (secondary N) is 5. The maximum atomic E-state index is 13.4. The summed E-state index contributed by atoms with van der Waals surface area (Å²) in [4.78, 5) is 84.8. The highest BCUT2D eigenvalue weighted by Crippen LogP contribution is 2.11. The molecule has 44 heavy (non-hydrogen) atoms. The number of aliphatic imine (C=N–C) groups is 1. The first-order valence-corrected chi connectivity index (χ1v) is 13.7. The Morgan fingerprint density at radius 2 is 1.57 bits per heavy atom. The molecule has 6 atom stereocenters. The molecule has 0 aliphatic rings. The van der Waals surface area contributed by atoms with Crippen LogP contribution in [0.15, 0.2) is 17.5 Å². The normalized spacial score (nSPS) is 14.9. The van der Waals surface area contributed by atoms with Gasteiger partial charge in [-0.25, -0.2) is 9.78 Å². The van der Waals surface area contributed by atoms with Gasteiger partial charge in [0.1, 0.15) is 24.2 Å². The Balaban J connectivity index is 3.08. The fourth-order valence-corrected chi connectivity index (χ4v) is 3.84. The van der Waals surface area contributed by atoms with Crippen molar-refractivity contribution in [3.63, 3.8) is 0 Å². The molecular weight excluding hydrogens is 584 g/mol. The minimum absolute atomic E-state index is 0.0573. The van der Waals surface area contributed by atoms with Crippen LogP contribution in [0, 0.1) is 5.92 Å². The highest BCUT2D eigenvalue weighted by molar-refractivity contribution is 5.96. The number of hydrogen-bond acceptors (Lipinski definition) is 10. The minimum Gasteiger partial charge on any atom is -0.481 e. The van der Waals surface area contributed by atoms with E-state index in [1.807, 2.05) is 5.32 Å². The molecule has 0 radical (unpaired) electrons. The van der Waals surface area contributed by atoms with Crippen molar-refractivity contribution in [1.82, 2.24) is 31.2 Å². The van der Waals surface area contributed by atoms with Crippen LogP contribution in [-0.2, 0) is 35.2 Å². The molecule has 246 valence electrons. The number of carbonyl (C=O) groups excluding carboxylic acids is 4. The molecule has 0 aromatic carbocycles. The highest BCUT2D eigenvalue weighted by Gasteiger charge is 2.34. The standard InChI is InChI=1S/C25H42N10O9/c1-3-12(2)19(23(42)34-17(10-36)22(41)33-16(24(43)44)8-18(37)38)35-21(40)15(5-4-6-30-25(27)28)32-20(39)14(26)7-13-9-29-11-31-13/h9,11-12,14-17,19,36H,3-8,10,26H2,1-2H3,(H,29,31)(H,32,39)(H,33,41)(H,34,42)(H,35,40)(H,37,38)(H,43,44)(H4,27,28,30)/t12-,14-,15-,16-,17-,19-/m0/s1. The number of imidazole rings is 1. The highest BCUT2D eigenvalue weighted by atomic mass is 16.4. The third-order valence-corrected chi connectivity index (χ3v) is 6.51. The fourth-order valence-electron chi connectivity index (χ4n) is 3.84. The van der Waals surface area contributed by atoms with Gasteiger partial charge < -0.3 is 58.8 Å². The molecule has 1 rings (SSSR count).